The minimum Gasteiger partial charge on any atom is -0.494 e. The molecule has 0 saturated carbocycles. The Morgan fingerprint density at radius 2 is 1.91 bits per heavy atom. The Morgan fingerprint density at radius 1 is 1.12 bits per heavy atom. The van der Waals surface area contributed by atoms with Crippen LogP contribution >= 0.6 is 11.3 Å². The zero-order valence-electron chi connectivity index (χ0n) is 19.0. The molecule has 2 heterocycles. The van der Waals surface area contributed by atoms with Crippen molar-refractivity contribution in [3.05, 3.63) is 53.6 Å². The number of hydrogen-bond donors (Lipinski definition) is 1. The number of unbranched alkanes of at least 4 members (excludes halogenated alkanes) is 1. The molecule has 0 bridgehead atoms. The van der Waals surface area contributed by atoms with Crippen molar-refractivity contribution in [2.24, 2.45) is 0 Å². The van der Waals surface area contributed by atoms with Crippen LogP contribution in [0.1, 0.15) is 35.7 Å². The van der Waals surface area contributed by atoms with Gasteiger partial charge in [0.25, 0.3) is 5.91 Å². The van der Waals surface area contributed by atoms with E-state index in [1.807, 2.05) is 24.3 Å². The molecule has 0 spiro atoms. The van der Waals surface area contributed by atoms with E-state index in [4.69, 9.17) is 9.72 Å². The normalized spacial score (nSPS) is 14.6. The van der Waals surface area contributed by atoms with Crippen LogP contribution in [-0.4, -0.2) is 61.7 Å². The van der Waals surface area contributed by atoms with E-state index >= 15 is 0 Å². The van der Waals surface area contributed by atoms with Crippen LogP contribution in [-0.2, 0) is 0 Å². The fourth-order valence-electron chi connectivity index (χ4n) is 3.78. The number of rotatable bonds is 9. The third kappa shape index (κ3) is 5.78. The van der Waals surface area contributed by atoms with Gasteiger partial charge in [0.2, 0.25) is 0 Å². The maximum absolute atomic E-state index is 12.4. The standard InChI is InChI=1S/C25H32N4O2S/c1-3-4-17-31-21-8-6-20(7-9-21)24(30)26-11-12-28-13-15-29(16-14-28)25-27-22-10-5-19(2)18-23(22)32-25/h5-10,18H,3-4,11-17H2,1-2H3,(H,26,30). The van der Waals surface area contributed by atoms with Gasteiger partial charge in [-0.25, -0.2) is 4.98 Å². The number of carbonyl (C=O) groups is 1. The van der Waals surface area contributed by atoms with Crippen molar-refractivity contribution in [3.63, 3.8) is 0 Å². The Balaban J connectivity index is 1.19. The van der Waals surface area contributed by atoms with Gasteiger partial charge in [0.05, 0.1) is 16.8 Å². The van der Waals surface area contributed by atoms with Crippen LogP contribution in [0, 0.1) is 6.92 Å². The van der Waals surface area contributed by atoms with Gasteiger partial charge < -0.3 is 15.0 Å². The van der Waals surface area contributed by atoms with Crippen LogP contribution in [0.5, 0.6) is 5.75 Å². The summed E-state index contributed by atoms with van der Waals surface area (Å²) in [7, 11) is 0. The monoisotopic (exact) mass is 452 g/mol. The van der Waals surface area contributed by atoms with Crippen LogP contribution in [0.15, 0.2) is 42.5 Å². The Labute approximate surface area is 194 Å². The number of thiazole rings is 1. The van der Waals surface area contributed by atoms with E-state index < -0.39 is 0 Å². The summed E-state index contributed by atoms with van der Waals surface area (Å²) in [6.45, 7) is 10.4. The molecule has 7 heteroatoms. The Hall–Kier alpha value is -2.64. The first-order chi connectivity index (χ1) is 15.6. The van der Waals surface area contributed by atoms with E-state index in [9.17, 15) is 4.79 Å². The lowest BCUT2D eigenvalue weighted by Gasteiger charge is -2.34. The molecule has 32 heavy (non-hydrogen) atoms. The summed E-state index contributed by atoms with van der Waals surface area (Å²) in [5, 5.41) is 4.15. The lowest BCUT2D eigenvalue weighted by Crippen LogP contribution is -2.48. The first-order valence-electron chi connectivity index (χ1n) is 11.5. The largest absolute Gasteiger partial charge is 0.494 e. The average Bonchev–Trinajstić information content (AvgIpc) is 3.23. The number of fused-ring (bicyclic) bond motifs is 1. The summed E-state index contributed by atoms with van der Waals surface area (Å²) >= 11 is 1.78. The molecule has 1 aliphatic heterocycles. The van der Waals surface area contributed by atoms with Crippen molar-refractivity contribution in [3.8, 4) is 5.75 Å². The fraction of sp³-hybridized carbons (Fsp3) is 0.440. The van der Waals surface area contributed by atoms with E-state index in [1.54, 1.807) is 11.3 Å². The van der Waals surface area contributed by atoms with Crippen LogP contribution in [0.4, 0.5) is 5.13 Å². The Bertz CT molecular complexity index is 1030. The smallest absolute Gasteiger partial charge is 0.251 e. The Morgan fingerprint density at radius 3 is 2.66 bits per heavy atom. The third-order valence-corrected chi connectivity index (χ3v) is 6.85. The lowest BCUT2D eigenvalue weighted by molar-refractivity contribution is 0.0947. The summed E-state index contributed by atoms with van der Waals surface area (Å²) in [4.78, 5) is 22.0. The van der Waals surface area contributed by atoms with E-state index in [0.717, 1.165) is 62.0 Å². The molecule has 4 rings (SSSR count). The highest BCUT2D eigenvalue weighted by molar-refractivity contribution is 7.22. The molecule has 170 valence electrons. The number of benzene rings is 2. The second-order valence-electron chi connectivity index (χ2n) is 8.28. The number of nitrogens with zero attached hydrogens (tertiary/aromatic N) is 3. The predicted octanol–water partition coefficient (Wildman–Crippen LogP) is 4.34. The fourth-order valence-corrected chi connectivity index (χ4v) is 4.90. The molecule has 1 fully saturated rings. The summed E-state index contributed by atoms with van der Waals surface area (Å²) in [6.07, 6.45) is 2.15. The zero-order valence-corrected chi connectivity index (χ0v) is 19.8. The summed E-state index contributed by atoms with van der Waals surface area (Å²) in [6, 6.07) is 13.8. The topological polar surface area (TPSA) is 57.7 Å². The van der Waals surface area contributed by atoms with Crippen LogP contribution in [0.3, 0.4) is 0 Å². The van der Waals surface area contributed by atoms with E-state index in [0.29, 0.717) is 18.7 Å². The highest BCUT2D eigenvalue weighted by atomic mass is 32.1. The lowest BCUT2D eigenvalue weighted by atomic mass is 10.2. The number of piperazine rings is 1. The number of amides is 1. The molecule has 3 aromatic rings. The van der Waals surface area contributed by atoms with Gasteiger partial charge in [-0.15, -0.1) is 0 Å². The van der Waals surface area contributed by atoms with Gasteiger partial charge in [0, 0.05) is 44.8 Å². The molecule has 1 aromatic heterocycles. The van der Waals surface area contributed by atoms with E-state index in [2.05, 4.69) is 47.2 Å². The van der Waals surface area contributed by atoms with Gasteiger partial charge in [-0.05, 0) is 55.3 Å². The van der Waals surface area contributed by atoms with Gasteiger partial charge in [-0.1, -0.05) is 30.7 Å². The summed E-state index contributed by atoms with van der Waals surface area (Å²) in [5.41, 5.74) is 3.03. The van der Waals surface area contributed by atoms with E-state index in [1.165, 1.54) is 10.3 Å². The molecular weight excluding hydrogens is 420 g/mol. The number of aryl methyl sites for hydroxylation is 1. The molecule has 0 unspecified atom stereocenters. The number of nitrogens with one attached hydrogen (secondary N) is 1. The van der Waals surface area contributed by atoms with Crippen LogP contribution < -0.4 is 15.0 Å². The molecule has 6 nitrogen and oxygen atoms in total. The SMILES string of the molecule is CCCCOc1ccc(C(=O)NCCN2CCN(c3nc4ccc(C)cc4s3)CC2)cc1. The first-order valence-corrected chi connectivity index (χ1v) is 12.3. The number of anilines is 1. The van der Waals surface area contributed by atoms with Gasteiger partial charge in [-0.3, -0.25) is 9.69 Å². The second kappa shape index (κ2) is 10.8. The zero-order chi connectivity index (χ0) is 22.3. The van der Waals surface area contributed by atoms with Crippen molar-refractivity contribution in [2.75, 3.05) is 50.8 Å². The molecule has 1 aliphatic rings. The van der Waals surface area contributed by atoms with Crippen LogP contribution in [0.25, 0.3) is 10.2 Å². The molecule has 0 radical (unpaired) electrons. The number of aromatic nitrogens is 1. The van der Waals surface area contributed by atoms with Crippen molar-refractivity contribution in [2.45, 2.75) is 26.7 Å². The van der Waals surface area contributed by atoms with Crippen molar-refractivity contribution >= 4 is 32.6 Å². The van der Waals surface area contributed by atoms with Gasteiger partial charge in [-0.2, -0.15) is 0 Å². The quantitative estimate of drug-likeness (QED) is 0.490. The van der Waals surface area contributed by atoms with Crippen molar-refractivity contribution in [1.82, 2.24) is 15.2 Å². The molecule has 1 N–H and O–H groups in total. The minimum atomic E-state index is -0.0338. The molecular formula is C25H32N4O2S. The second-order valence-corrected chi connectivity index (χ2v) is 9.29. The molecule has 1 amide bonds. The summed E-state index contributed by atoms with van der Waals surface area (Å²) in [5.74, 6) is 0.782. The maximum Gasteiger partial charge on any atom is 0.251 e. The first kappa shape index (κ1) is 22.6. The van der Waals surface area contributed by atoms with E-state index in [-0.39, 0.29) is 5.91 Å². The maximum atomic E-state index is 12.4. The molecule has 0 aliphatic carbocycles. The minimum absolute atomic E-state index is 0.0338. The summed E-state index contributed by atoms with van der Waals surface area (Å²) < 4.78 is 6.91. The number of carbonyl (C=O) groups excluding carboxylic acids is 1. The number of hydrogen-bond acceptors (Lipinski definition) is 6. The highest BCUT2D eigenvalue weighted by Gasteiger charge is 2.20. The third-order valence-electron chi connectivity index (χ3n) is 5.77. The average molecular weight is 453 g/mol. The van der Waals surface area contributed by atoms with Gasteiger partial charge in [0.15, 0.2) is 5.13 Å². The van der Waals surface area contributed by atoms with Crippen LogP contribution in [0.2, 0.25) is 0 Å². The molecule has 0 atom stereocenters. The Kier molecular flexibility index (Phi) is 7.60. The number of ether oxygens (including phenoxy) is 1. The van der Waals surface area contributed by atoms with Gasteiger partial charge in [0.1, 0.15) is 5.75 Å². The molecule has 2 aromatic carbocycles. The molecule has 1 saturated heterocycles. The van der Waals surface area contributed by atoms with Crippen molar-refractivity contribution in [1.29, 1.82) is 0 Å². The highest BCUT2D eigenvalue weighted by Crippen LogP contribution is 2.30. The van der Waals surface area contributed by atoms with Gasteiger partial charge >= 0.3 is 0 Å². The van der Waals surface area contributed by atoms with Crippen molar-refractivity contribution < 1.29 is 9.53 Å². The predicted molar refractivity (Wildman–Crippen MR) is 132 cm³/mol.